The topological polar surface area (TPSA) is 131 Å². The first-order chi connectivity index (χ1) is 15.7. The van der Waals surface area contributed by atoms with E-state index in [4.69, 9.17) is 4.74 Å². The Balaban J connectivity index is 1.55. The van der Waals surface area contributed by atoms with Crippen LogP contribution in [0.25, 0.3) is 0 Å². The molecule has 32 heavy (non-hydrogen) atoms. The Morgan fingerprint density at radius 1 is 0.781 bits per heavy atom. The summed E-state index contributed by atoms with van der Waals surface area (Å²) in [7, 11) is 1.45. The van der Waals surface area contributed by atoms with Crippen molar-refractivity contribution < 1.29 is 9.53 Å². The van der Waals surface area contributed by atoms with Crippen LogP contribution in [0, 0.1) is 0 Å². The summed E-state index contributed by atoms with van der Waals surface area (Å²) in [6.45, 7) is -0.131. The summed E-state index contributed by atoms with van der Waals surface area (Å²) in [5.74, 6) is 0.448. The number of carbonyl (C=O) groups is 1. The molecule has 11 heteroatoms. The third-order valence-corrected chi connectivity index (χ3v) is 4.18. The molecule has 0 aliphatic carbocycles. The molecule has 0 fully saturated rings. The predicted octanol–water partition coefficient (Wildman–Crippen LogP) is 2.85. The van der Waals surface area contributed by atoms with Gasteiger partial charge in [0, 0.05) is 43.3 Å². The second-order valence-corrected chi connectivity index (χ2v) is 6.41. The number of rotatable bonds is 8. The zero-order valence-corrected chi connectivity index (χ0v) is 17.1. The molecule has 4 aromatic heterocycles. The van der Waals surface area contributed by atoms with Crippen LogP contribution in [0.15, 0.2) is 73.8 Å². The first-order valence-electron chi connectivity index (χ1n) is 9.53. The molecule has 4 heterocycles. The summed E-state index contributed by atoms with van der Waals surface area (Å²) >= 11 is 0. The van der Waals surface area contributed by atoms with Crippen LogP contribution in [0.5, 0.6) is 0 Å². The zero-order chi connectivity index (χ0) is 22.2. The van der Waals surface area contributed by atoms with Crippen molar-refractivity contribution in [2.75, 3.05) is 29.3 Å². The number of aromatic nitrogens is 6. The highest BCUT2D eigenvalue weighted by molar-refractivity contribution is 6.00. The Morgan fingerprint density at radius 3 is 1.56 bits per heavy atom. The van der Waals surface area contributed by atoms with Crippen molar-refractivity contribution in [1.82, 2.24) is 29.9 Å². The molecule has 160 valence electrons. The quantitative estimate of drug-likeness (QED) is 0.431. The lowest BCUT2D eigenvalue weighted by Crippen LogP contribution is -2.30. The van der Waals surface area contributed by atoms with Gasteiger partial charge in [0.05, 0.1) is 36.2 Å². The molecule has 0 aliphatic rings. The van der Waals surface area contributed by atoms with Crippen LogP contribution >= 0.6 is 0 Å². The lowest BCUT2D eigenvalue weighted by molar-refractivity contribution is -0.121. The van der Waals surface area contributed by atoms with E-state index in [1.807, 2.05) is 0 Å². The molecule has 0 saturated heterocycles. The van der Waals surface area contributed by atoms with Crippen molar-refractivity contribution >= 4 is 40.6 Å². The lowest BCUT2D eigenvalue weighted by atomic mass is 10.3. The number of amides is 1. The molecule has 2 N–H and O–H groups in total. The summed E-state index contributed by atoms with van der Waals surface area (Å²) in [4.78, 5) is 39.3. The van der Waals surface area contributed by atoms with Gasteiger partial charge < -0.3 is 15.4 Å². The molecular weight excluding hydrogens is 410 g/mol. The fourth-order valence-electron chi connectivity index (χ4n) is 2.76. The minimum Gasteiger partial charge on any atom is -0.375 e. The SMILES string of the molecule is COCC(=O)N(c1cnc(Nc2ccncc2)nc1)c1cnc(Nc2ccncc2)nc1. The van der Waals surface area contributed by atoms with Gasteiger partial charge in [-0.15, -0.1) is 0 Å². The Kier molecular flexibility index (Phi) is 6.48. The van der Waals surface area contributed by atoms with Crippen LogP contribution in [0.1, 0.15) is 0 Å². The molecule has 0 atom stereocenters. The molecule has 0 unspecified atom stereocenters. The summed E-state index contributed by atoms with van der Waals surface area (Å²) in [6, 6.07) is 7.18. The van der Waals surface area contributed by atoms with E-state index in [9.17, 15) is 4.79 Å². The minimum atomic E-state index is -0.315. The molecule has 4 aromatic rings. The van der Waals surface area contributed by atoms with Crippen molar-refractivity contribution in [3.63, 3.8) is 0 Å². The fraction of sp³-hybridized carbons (Fsp3) is 0.0952. The summed E-state index contributed by atoms with van der Waals surface area (Å²) in [5.41, 5.74) is 2.49. The average molecular weight is 429 g/mol. The Bertz CT molecular complexity index is 1060. The number of hydrogen-bond acceptors (Lipinski definition) is 10. The predicted molar refractivity (Wildman–Crippen MR) is 118 cm³/mol. The van der Waals surface area contributed by atoms with Crippen LogP contribution in [0.2, 0.25) is 0 Å². The van der Waals surface area contributed by atoms with E-state index in [1.165, 1.54) is 36.8 Å². The highest BCUT2D eigenvalue weighted by Crippen LogP contribution is 2.25. The Hall–Kier alpha value is -4.51. The molecule has 0 radical (unpaired) electrons. The number of ether oxygens (including phenoxy) is 1. The van der Waals surface area contributed by atoms with Gasteiger partial charge >= 0.3 is 0 Å². The number of anilines is 6. The highest BCUT2D eigenvalue weighted by atomic mass is 16.5. The maximum absolute atomic E-state index is 12.7. The van der Waals surface area contributed by atoms with Crippen LogP contribution in [-0.2, 0) is 9.53 Å². The van der Waals surface area contributed by atoms with Crippen molar-refractivity contribution in [1.29, 1.82) is 0 Å². The van der Waals surface area contributed by atoms with Crippen LogP contribution in [-0.4, -0.2) is 49.5 Å². The smallest absolute Gasteiger partial charge is 0.257 e. The molecule has 0 bridgehead atoms. The van der Waals surface area contributed by atoms with Gasteiger partial charge in [-0.25, -0.2) is 19.9 Å². The van der Waals surface area contributed by atoms with E-state index in [0.717, 1.165) is 11.4 Å². The van der Waals surface area contributed by atoms with E-state index in [2.05, 4.69) is 40.5 Å². The first-order valence-corrected chi connectivity index (χ1v) is 9.53. The molecule has 0 saturated carbocycles. The largest absolute Gasteiger partial charge is 0.375 e. The maximum Gasteiger partial charge on any atom is 0.257 e. The molecule has 1 amide bonds. The Labute approximate surface area is 183 Å². The minimum absolute atomic E-state index is 0.131. The number of nitrogens with zero attached hydrogens (tertiary/aromatic N) is 7. The van der Waals surface area contributed by atoms with Crippen LogP contribution in [0.3, 0.4) is 0 Å². The fourth-order valence-corrected chi connectivity index (χ4v) is 2.76. The number of hydrogen-bond donors (Lipinski definition) is 2. The van der Waals surface area contributed by atoms with Crippen LogP contribution in [0.4, 0.5) is 34.6 Å². The molecular formula is C21H19N9O2. The van der Waals surface area contributed by atoms with Crippen LogP contribution < -0.4 is 15.5 Å². The van der Waals surface area contributed by atoms with Crippen molar-refractivity contribution in [3.05, 3.63) is 73.8 Å². The van der Waals surface area contributed by atoms with Gasteiger partial charge in [-0.1, -0.05) is 0 Å². The maximum atomic E-state index is 12.7. The van der Waals surface area contributed by atoms with E-state index >= 15 is 0 Å². The summed E-state index contributed by atoms with van der Waals surface area (Å²) in [5, 5.41) is 6.13. The van der Waals surface area contributed by atoms with Crippen molar-refractivity contribution in [2.24, 2.45) is 0 Å². The van der Waals surface area contributed by atoms with Gasteiger partial charge in [-0.2, -0.15) is 0 Å². The normalized spacial score (nSPS) is 10.4. The lowest BCUT2D eigenvalue weighted by Gasteiger charge is -2.21. The van der Waals surface area contributed by atoms with Gasteiger partial charge in [0.1, 0.15) is 6.61 Å². The van der Waals surface area contributed by atoms with E-state index in [-0.39, 0.29) is 12.5 Å². The number of pyridine rings is 2. The Morgan fingerprint density at radius 2 is 1.19 bits per heavy atom. The highest BCUT2D eigenvalue weighted by Gasteiger charge is 2.20. The summed E-state index contributed by atoms with van der Waals surface area (Å²) < 4.78 is 5.02. The standard InChI is InChI=1S/C21H19N9O2/c1-32-14-19(31)30(17-10-24-20(25-11-17)28-15-2-6-22-7-3-15)18-12-26-21(27-13-18)29-16-4-8-23-9-5-16/h2-13H,14H2,1H3,(H,22,24,25,28)(H,23,26,27,29). The van der Waals surface area contributed by atoms with E-state index in [0.29, 0.717) is 23.3 Å². The van der Waals surface area contributed by atoms with Gasteiger partial charge in [-0.05, 0) is 24.3 Å². The molecule has 0 aliphatic heterocycles. The second kappa shape index (κ2) is 10.00. The molecule has 0 spiro atoms. The van der Waals surface area contributed by atoms with E-state index in [1.54, 1.807) is 49.1 Å². The van der Waals surface area contributed by atoms with Gasteiger partial charge in [0.15, 0.2) is 0 Å². The van der Waals surface area contributed by atoms with Crippen molar-refractivity contribution in [2.45, 2.75) is 0 Å². The zero-order valence-electron chi connectivity index (χ0n) is 17.1. The van der Waals surface area contributed by atoms with Gasteiger partial charge in [0.25, 0.3) is 5.91 Å². The van der Waals surface area contributed by atoms with Crippen molar-refractivity contribution in [3.8, 4) is 0 Å². The first kappa shape index (κ1) is 20.8. The molecule has 11 nitrogen and oxygen atoms in total. The third-order valence-electron chi connectivity index (χ3n) is 4.18. The molecule has 0 aromatic carbocycles. The summed E-state index contributed by atoms with van der Waals surface area (Å²) in [6.07, 6.45) is 12.8. The van der Waals surface area contributed by atoms with Gasteiger partial charge in [0.2, 0.25) is 11.9 Å². The molecule has 4 rings (SSSR count). The van der Waals surface area contributed by atoms with E-state index < -0.39 is 0 Å². The number of methoxy groups -OCH3 is 1. The number of nitrogens with one attached hydrogen (secondary N) is 2. The monoisotopic (exact) mass is 429 g/mol. The third kappa shape index (κ3) is 5.15. The van der Waals surface area contributed by atoms with Gasteiger partial charge in [-0.3, -0.25) is 19.7 Å². The average Bonchev–Trinajstić information content (AvgIpc) is 2.83. The second-order valence-electron chi connectivity index (χ2n) is 6.41. The number of carbonyl (C=O) groups excluding carboxylic acids is 1.